The van der Waals surface area contributed by atoms with E-state index in [2.05, 4.69) is 4.99 Å². The minimum Gasteiger partial charge on any atom is -0.342 e. The summed E-state index contributed by atoms with van der Waals surface area (Å²) in [6, 6.07) is 8.06. The molecule has 2 fully saturated rings. The molecule has 2 saturated heterocycles. The number of fused-ring (bicyclic) bond motifs is 1. The number of thioether (sulfide) groups is 1. The Labute approximate surface area is 153 Å². The molecule has 2 aliphatic heterocycles. The molecule has 0 aliphatic carbocycles. The van der Waals surface area contributed by atoms with Crippen molar-refractivity contribution in [2.75, 3.05) is 11.5 Å². The molecule has 1 aromatic rings. The Balaban J connectivity index is 1.91. The van der Waals surface area contributed by atoms with Crippen molar-refractivity contribution in [3.63, 3.8) is 0 Å². The highest BCUT2D eigenvalue weighted by molar-refractivity contribution is 8.15. The van der Waals surface area contributed by atoms with Gasteiger partial charge in [-0.15, -0.1) is 0 Å². The molecule has 2 atom stereocenters. The van der Waals surface area contributed by atoms with Crippen molar-refractivity contribution in [1.29, 1.82) is 0 Å². The number of carbonyl (C=O) groups excluding carboxylic acids is 1. The second-order valence-electron chi connectivity index (χ2n) is 7.86. The van der Waals surface area contributed by atoms with Crippen LogP contribution >= 0.6 is 11.8 Å². The number of aliphatic imine (C=N–C) groups is 1. The van der Waals surface area contributed by atoms with Gasteiger partial charge in [0.2, 0.25) is 0 Å². The number of hydrogen-bond acceptors (Lipinski definition) is 4. The predicted octanol–water partition coefficient (Wildman–Crippen LogP) is 2.64. The third-order valence-electron chi connectivity index (χ3n) is 4.49. The van der Waals surface area contributed by atoms with Gasteiger partial charge in [0, 0.05) is 17.2 Å². The molecule has 7 heteroatoms. The van der Waals surface area contributed by atoms with Gasteiger partial charge in [0.05, 0.1) is 17.5 Å². The fraction of sp³-hybridized carbons (Fsp3) is 0.556. The maximum absolute atomic E-state index is 12.4. The second-order valence-corrected chi connectivity index (χ2v) is 11.2. The van der Waals surface area contributed by atoms with Gasteiger partial charge in [-0.3, -0.25) is 4.79 Å². The van der Waals surface area contributed by atoms with Gasteiger partial charge in [-0.2, -0.15) is 4.99 Å². The summed E-state index contributed by atoms with van der Waals surface area (Å²) in [6.45, 7) is 8.13. The molecule has 0 spiro atoms. The molecule has 3 rings (SSSR count). The van der Waals surface area contributed by atoms with E-state index >= 15 is 0 Å². The molecule has 0 unspecified atom stereocenters. The van der Waals surface area contributed by atoms with E-state index in [-0.39, 0.29) is 28.7 Å². The van der Waals surface area contributed by atoms with Crippen LogP contribution in [0.2, 0.25) is 0 Å². The zero-order valence-electron chi connectivity index (χ0n) is 15.0. The lowest BCUT2D eigenvalue weighted by Gasteiger charge is -2.25. The maximum atomic E-state index is 12.4. The molecule has 1 amide bonds. The van der Waals surface area contributed by atoms with E-state index in [0.29, 0.717) is 11.7 Å². The Morgan fingerprint density at radius 2 is 1.88 bits per heavy atom. The van der Waals surface area contributed by atoms with Crippen LogP contribution in [0.25, 0.3) is 0 Å². The van der Waals surface area contributed by atoms with Crippen LogP contribution in [0.1, 0.15) is 31.9 Å². The van der Waals surface area contributed by atoms with Crippen molar-refractivity contribution in [1.82, 2.24) is 4.90 Å². The van der Waals surface area contributed by atoms with Gasteiger partial charge in [0.1, 0.15) is 0 Å². The van der Waals surface area contributed by atoms with Gasteiger partial charge in [-0.05, 0) is 12.5 Å². The Bertz CT molecular complexity index is 808. The highest BCUT2D eigenvalue weighted by Crippen LogP contribution is 2.39. The van der Waals surface area contributed by atoms with Crippen molar-refractivity contribution in [3.8, 4) is 0 Å². The van der Waals surface area contributed by atoms with Crippen LogP contribution in [0, 0.1) is 12.3 Å². The molecule has 0 N–H and O–H groups in total. The number of sulfone groups is 1. The lowest BCUT2D eigenvalue weighted by atomic mass is 9.96. The summed E-state index contributed by atoms with van der Waals surface area (Å²) in [5, 5.41) is 0.618. The van der Waals surface area contributed by atoms with Gasteiger partial charge in [0.15, 0.2) is 15.0 Å². The van der Waals surface area contributed by atoms with Gasteiger partial charge < -0.3 is 4.90 Å². The topological polar surface area (TPSA) is 66.8 Å². The first kappa shape index (κ1) is 18.5. The summed E-state index contributed by atoms with van der Waals surface area (Å²) in [5.41, 5.74) is 1.72. The van der Waals surface area contributed by atoms with E-state index in [4.69, 9.17) is 0 Å². The summed E-state index contributed by atoms with van der Waals surface area (Å²) in [5.74, 6) is 0.126. The average molecular weight is 381 g/mol. The monoisotopic (exact) mass is 380 g/mol. The quantitative estimate of drug-likeness (QED) is 0.789. The summed E-state index contributed by atoms with van der Waals surface area (Å²) in [6.07, 6.45) is 0. The minimum atomic E-state index is -3.02. The van der Waals surface area contributed by atoms with Crippen LogP contribution in [0.4, 0.5) is 0 Å². The Morgan fingerprint density at radius 3 is 2.48 bits per heavy atom. The van der Waals surface area contributed by atoms with Crippen molar-refractivity contribution in [2.45, 2.75) is 45.5 Å². The zero-order valence-corrected chi connectivity index (χ0v) is 16.7. The normalized spacial score (nSPS) is 26.9. The van der Waals surface area contributed by atoms with Gasteiger partial charge in [-0.1, -0.05) is 62.4 Å². The van der Waals surface area contributed by atoms with E-state index in [9.17, 15) is 13.2 Å². The number of nitrogens with zero attached hydrogens (tertiary/aromatic N) is 2. The fourth-order valence-electron chi connectivity index (χ4n) is 2.97. The number of carbonyl (C=O) groups is 1. The van der Waals surface area contributed by atoms with Crippen molar-refractivity contribution < 1.29 is 13.2 Å². The number of rotatable bonds is 2. The summed E-state index contributed by atoms with van der Waals surface area (Å²) < 4.78 is 24.1. The van der Waals surface area contributed by atoms with E-state index in [0.717, 1.165) is 5.56 Å². The molecule has 0 radical (unpaired) electrons. The van der Waals surface area contributed by atoms with Gasteiger partial charge in [0.25, 0.3) is 5.91 Å². The molecule has 1 aromatic carbocycles. The van der Waals surface area contributed by atoms with Crippen molar-refractivity contribution >= 4 is 32.7 Å². The lowest BCUT2D eigenvalue weighted by molar-refractivity contribution is -0.124. The average Bonchev–Trinajstić information content (AvgIpc) is 2.93. The van der Waals surface area contributed by atoms with Crippen LogP contribution in [0.3, 0.4) is 0 Å². The van der Waals surface area contributed by atoms with E-state index < -0.39 is 15.3 Å². The molecule has 5 nitrogen and oxygen atoms in total. The van der Waals surface area contributed by atoms with Crippen LogP contribution in [-0.2, 0) is 21.2 Å². The molecular formula is C18H24N2O3S2. The smallest absolute Gasteiger partial charge is 0.253 e. The largest absolute Gasteiger partial charge is 0.342 e. The van der Waals surface area contributed by atoms with Crippen LogP contribution < -0.4 is 0 Å². The molecule has 2 aliphatic rings. The summed E-state index contributed by atoms with van der Waals surface area (Å²) >= 11 is 1.43. The van der Waals surface area contributed by atoms with E-state index in [1.807, 2.05) is 56.9 Å². The van der Waals surface area contributed by atoms with Crippen LogP contribution in [-0.4, -0.2) is 47.2 Å². The maximum Gasteiger partial charge on any atom is 0.253 e. The van der Waals surface area contributed by atoms with Crippen molar-refractivity contribution in [2.24, 2.45) is 10.4 Å². The number of amidine groups is 1. The predicted molar refractivity (Wildman–Crippen MR) is 102 cm³/mol. The molecular weight excluding hydrogens is 356 g/mol. The third kappa shape index (κ3) is 4.08. The van der Waals surface area contributed by atoms with E-state index in [1.165, 1.54) is 17.3 Å². The molecule has 0 bridgehead atoms. The first-order valence-electron chi connectivity index (χ1n) is 8.37. The molecule has 0 saturated carbocycles. The zero-order chi connectivity index (χ0) is 18.4. The van der Waals surface area contributed by atoms with Crippen LogP contribution in [0.5, 0.6) is 0 Å². The molecule has 136 valence electrons. The molecule has 0 aromatic heterocycles. The van der Waals surface area contributed by atoms with Crippen LogP contribution in [0.15, 0.2) is 29.3 Å². The fourth-order valence-corrected chi connectivity index (χ4v) is 6.91. The summed E-state index contributed by atoms with van der Waals surface area (Å²) in [4.78, 5) is 18.7. The highest BCUT2D eigenvalue weighted by atomic mass is 32.2. The standard InChI is InChI=1S/C18H24N2O3S2/c1-12-5-7-13(8-6-12)9-20-14-10-25(22,23)11-15(14)24-17(20)19-16(21)18(2,3)4/h5-8,14-15H,9-11H2,1-4H3/t14-,15-/m1/s1. The number of aryl methyl sites for hydroxylation is 1. The van der Waals surface area contributed by atoms with Gasteiger partial charge in [-0.25, -0.2) is 8.42 Å². The first-order valence-corrected chi connectivity index (χ1v) is 11.1. The highest BCUT2D eigenvalue weighted by Gasteiger charge is 2.48. The first-order chi connectivity index (χ1) is 11.5. The van der Waals surface area contributed by atoms with Gasteiger partial charge >= 0.3 is 0 Å². The Morgan fingerprint density at radius 1 is 1.24 bits per heavy atom. The third-order valence-corrected chi connectivity index (χ3v) is 7.73. The molecule has 2 heterocycles. The minimum absolute atomic E-state index is 0.0398. The van der Waals surface area contributed by atoms with E-state index in [1.54, 1.807) is 0 Å². The Kier molecular flexibility index (Phi) is 4.75. The number of benzene rings is 1. The number of hydrogen-bond donors (Lipinski definition) is 0. The summed E-state index contributed by atoms with van der Waals surface area (Å²) in [7, 11) is -3.02. The molecule has 25 heavy (non-hydrogen) atoms. The van der Waals surface area contributed by atoms with Crippen molar-refractivity contribution in [3.05, 3.63) is 35.4 Å². The lowest BCUT2D eigenvalue weighted by Crippen LogP contribution is -2.37. The SMILES string of the molecule is Cc1ccc(CN2C(=NC(=O)C(C)(C)C)S[C@@H]3CS(=O)(=O)C[C@H]32)cc1. The Hall–Kier alpha value is -1.34. The number of amides is 1. The second kappa shape index (κ2) is 6.43.